The summed E-state index contributed by atoms with van der Waals surface area (Å²) in [5, 5.41) is 3.33. The molecule has 0 amide bonds. The maximum Gasteiger partial charge on any atom is 0.142 e. The predicted octanol–water partition coefficient (Wildman–Crippen LogP) is 0.660. The Morgan fingerprint density at radius 2 is 2.00 bits per heavy atom. The van der Waals surface area contributed by atoms with Gasteiger partial charge in [-0.25, -0.2) is 9.97 Å². The zero-order valence-electron chi connectivity index (χ0n) is 9.19. The smallest absolute Gasteiger partial charge is 0.142 e. The monoisotopic (exact) mass is 206 g/mol. The highest BCUT2D eigenvalue weighted by atomic mass is 15.2. The van der Waals surface area contributed by atoms with Crippen molar-refractivity contribution >= 4 is 0 Å². The van der Waals surface area contributed by atoms with Gasteiger partial charge in [-0.15, -0.1) is 0 Å². The van der Waals surface area contributed by atoms with Crippen molar-refractivity contribution in [3.8, 4) is 0 Å². The van der Waals surface area contributed by atoms with Crippen molar-refractivity contribution < 1.29 is 0 Å². The fraction of sp³-hybridized carbons (Fsp3) is 0.636. The van der Waals surface area contributed by atoms with Crippen LogP contribution in [0.1, 0.15) is 18.7 Å². The van der Waals surface area contributed by atoms with Crippen LogP contribution in [-0.4, -0.2) is 41.0 Å². The van der Waals surface area contributed by atoms with Crippen molar-refractivity contribution in [2.75, 3.05) is 20.1 Å². The van der Waals surface area contributed by atoms with Crippen LogP contribution in [0.15, 0.2) is 18.5 Å². The van der Waals surface area contributed by atoms with Gasteiger partial charge in [0.05, 0.1) is 6.54 Å². The Hall–Kier alpha value is -1.00. The molecule has 1 N–H and O–H groups in total. The molecule has 4 heteroatoms. The average molecular weight is 206 g/mol. The highest BCUT2D eigenvalue weighted by Gasteiger charge is 2.17. The van der Waals surface area contributed by atoms with Crippen molar-refractivity contribution in [3.63, 3.8) is 0 Å². The second kappa shape index (κ2) is 5.19. The van der Waals surface area contributed by atoms with Crippen LogP contribution in [0.25, 0.3) is 0 Å². The van der Waals surface area contributed by atoms with Crippen molar-refractivity contribution in [2.24, 2.45) is 0 Å². The van der Waals surface area contributed by atoms with E-state index >= 15 is 0 Å². The lowest BCUT2D eigenvalue weighted by Crippen LogP contribution is -2.40. The molecule has 0 spiro atoms. The van der Waals surface area contributed by atoms with E-state index in [1.165, 1.54) is 12.8 Å². The molecule has 0 radical (unpaired) electrons. The standard InChI is InChI=1S/C11H18N4/c1-12-10-3-7-15(8-4-10)9-11-13-5-2-6-14-11/h2,5-6,10,12H,3-4,7-9H2,1H3. The van der Waals surface area contributed by atoms with E-state index < -0.39 is 0 Å². The Labute approximate surface area is 90.7 Å². The second-order valence-electron chi connectivity index (χ2n) is 4.00. The van der Waals surface area contributed by atoms with Crippen LogP contribution in [-0.2, 0) is 6.54 Å². The number of nitrogens with one attached hydrogen (secondary N) is 1. The van der Waals surface area contributed by atoms with Gasteiger partial charge in [-0.05, 0) is 26.0 Å². The summed E-state index contributed by atoms with van der Waals surface area (Å²) in [6.45, 7) is 3.17. The van der Waals surface area contributed by atoms with Gasteiger partial charge in [-0.3, -0.25) is 4.90 Å². The number of piperidine rings is 1. The van der Waals surface area contributed by atoms with E-state index in [1.54, 1.807) is 0 Å². The molecule has 0 unspecified atom stereocenters. The molecule has 0 aromatic carbocycles. The van der Waals surface area contributed by atoms with Gasteiger partial charge in [0.1, 0.15) is 5.82 Å². The molecule has 0 aliphatic carbocycles. The quantitative estimate of drug-likeness (QED) is 0.789. The lowest BCUT2D eigenvalue weighted by atomic mass is 10.1. The Bertz CT molecular complexity index is 280. The first kappa shape index (κ1) is 10.5. The number of rotatable bonds is 3. The number of hydrogen-bond donors (Lipinski definition) is 1. The summed E-state index contributed by atoms with van der Waals surface area (Å²) in [6, 6.07) is 2.55. The van der Waals surface area contributed by atoms with Gasteiger partial charge in [-0.2, -0.15) is 0 Å². The Morgan fingerprint density at radius 3 is 2.60 bits per heavy atom. The van der Waals surface area contributed by atoms with Crippen LogP contribution < -0.4 is 5.32 Å². The molecule has 1 aliphatic rings. The molecule has 1 aliphatic heterocycles. The minimum absolute atomic E-state index is 0.693. The Balaban J connectivity index is 1.82. The fourth-order valence-electron chi connectivity index (χ4n) is 1.99. The van der Waals surface area contributed by atoms with Gasteiger partial charge in [0.15, 0.2) is 0 Å². The lowest BCUT2D eigenvalue weighted by molar-refractivity contribution is 0.190. The number of nitrogens with zero attached hydrogens (tertiary/aromatic N) is 3. The molecule has 0 bridgehead atoms. The molecule has 0 atom stereocenters. The zero-order valence-corrected chi connectivity index (χ0v) is 9.19. The lowest BCUT2D eigenvalue weighted by Gasteiger charge is -2.31. The van der Waals surface area contributed by atoms with E-state index in [1.807, 2.05) is 25.5 Å². The predicted molar refractivity (Wildman–Crippen MR) is 59.4 cm³/mol. The summed E-state index contributed by atoms with van der Waals surface area (Å²) in [5.41, 5.74) is 0. The highest BCUT2D eigenvalue weighted by molar-refractivity contribution is 4.89. The van der Waals surface area contributed by atoms with Gasteiger partial charge < -0.3 is 5.32 Å². The third-order valence-corrected chi connectivity index (χ3v) is 2.98. The van der Waals surface area contributed by atoms with Crippen molar-refractivity contribution in [1.29, 1.82) is 0 Å². The molecule has 15 heavy (non-hydrogen) atoms. The third-order valence-electron chi connectivity index (χ3n) is 2.98. The second-order valence-corrected chi connectivity index (χ2v) is 4.00. The van der Waals surface area contributed by atoms with Crippen LogP contribution in [0.5, 0.6) is 0 Å². The van der Waals surface area contributed by atoms with E-state index in [-0.39, 0.29) is 0 Å². The molecular weight excluding hydrogens is 188 g/mol. The summed E-state index contributed by atoms with van der Waals surface area (Å²) < 4.78 is 0. The minimum Gasteiger partial charge on any atom is -0.317 e. The molecule has 4 nitrogen and oxygen atoms in total. The summed E-state index contributed by atoms with van der Waals surface area (Å²) in [7, 11) is 2.04. The number of hydrogen-bond acceptors (Lipinski definition) is 4. The first-order valence-electron chi connectivity index (χ1n) is 5.54. The largest absolute Gasteiger partial charge is 0.317 e. The van der Waals surface area contributed by atoms with Crippen LogP contribution in [0.2, 0.25) is 0 Å². The SMILES string of the molecule is CNC1CCN(Cc2ncccn2)CC1. The molecule has 1 aromatic rings. The maximum atomic E-state index is 4.24. The fourth-order valence-corrected chi connectivity index (χ4v) is 1.99. The van der Waals surface area contributed by atoms with E-state index in [4.69, 9.17) is 0 Å². The molecule has 1 fully saturated rings. The summed E-state index contributed by atoms with van der Waals surface area (Å²) in [6.07, 6.45) is 6.07. The van der Waals surface area contributed by atoms with E-state index in [0.717, 1.165) is 25.5 Å². The van der Waals surface area contributed by atoms with Crippen molar-refractivity contribution in [2.45, 2.75) is 25.4 Å². The van der Waals surface area contributed by atoms with Gasteiger partial charge >= 0.3 is 0 Å². The number of aromatic nitrogens is 2. The summed E-state index contributed by atoms with van der Waals surface area (Å²) in [4.78, 5) is 10.9. The first-order chi connectivity index (χ1) is 7.38. The van der Waals surface area contributed by atoms with Crippen molar-refractivity contribution in [3.05, 3.63) is 24.3 Å². The van der Waals surface area contributed by atoms with E-state index in [2.05, 4.69) is 20.2 Å². The first-order valence-corrected chi connectivity index (χ1v) is 5.54. The van der Waals surface area contributed by atoms with Gasteiger partial charge in [0.2, 0.25) is 0 Å². The molecular formula is C11H18N4. The van der Waals surface area contributed by atoms with Crippen molar-refractivity contribution in [1.82, 2.24) is 20.2 Å². The van der Waals surface area contributed by atoms with E-state index in [0.29, 0.717) is 6.04 Å². The third kappa shape index (κ3) is 2.97. The molecule has 1 saturated heterocycles. The van der Waals surface area contributed by atoms with Crippen LogP contribution in [0.4, 0.5) is 0 Å². The normalized spacial score (nSPS) is 19.3. The molecule has 0 saturated carbocycles. The summed E-state index contributed by atoms with van der Waals surface area (Å²) >= 11 is 0. The maximum absolute atomic E-state index is 4.24. The average Bonchev–Trinajstić information content (AvgIpc) is 2.31. The van der Waals surface area contributed by atoms with Crippen LogP contribution in [0.3, 0.4) is 0 Å². The van der Waals surface area contributed by atoms with Gasteiger partial charge in [0, 0.05) is 31.5 Å². The summed E-state index contributed by atoms with van der Waals surface area (Å²) in [5.74, 6) is 0.931. The van der Waals surface area contributed by atoms with Crippen LogP contribution in [0, 0.1) is 0 Å². The Kier molecular flexibility index (Phi) is 3.64. The molecule has 82 valence electrons. The van der Waals surface area contributed by atoms with Crippen LogP contribution >= 0.6 is 0 Å². The van der Waals surface area contributed by atoms with Gasteiger partial charge in [-0.1, -0.05) is 0 Å². The topological polar surface area (TPSA) is 41.0 Å². The molecule has 2 rings (SSSR count). The molecule has 1 aromatic heterocycles. The molecule has 2 heterocycles. The number of likely N-dealkylation sites (tertiary alicyclic amines) is 1. The Morgan fingerprint density at radius 1 is 1.33 bits per heavy atom. The van der Waals surface area contributed by atoms with Gasteiger partial charge in [0.25, 0.3) is 0 Å². The highest BCUT2D eigenvalue weighted by Crippen LogP contribution is 2.11. The minimum atomic E-state index is 0.693. The zero-order chi connectivity index (χ0) is 10.5. The van der Waals surface area contributed by atoms with E-state index in [9.17, 15) is 0 Å².